The third-order valence-corrected chi connectivity index (χ3v) is 4.72. The van der Waals surface area contributed by atoms with Crippen molar-refractivity contribution in [2.24, 2.45) is 0 Å². The molecule has 0 fully saturated rings. The Morgan fingerprint density at radius 1 is 1.00 bits per heavy atom. The third-order valence-electron chi connectivity index (χ3n) is 3.63. The molecule has 0 radical (unpaired) electrons. The van der Waals surface area contributed by atoms with Crippen LogP contribution in [0.4, 0.5) is 15.8 Å². The van der Waals surface area contributed by atoms with E-state index in [2.05, 4.69) is 10.6 Å². The van der Waals surface area contributed by atoms with Crippen LogP contribution >= 0.6 is 11.8 Å². The Morgan fingerprint density at radius 2 is 1.78 bits per heavy atom. The van der Waals surface area contributed by atoms with E-state index >= 15 is 0 Å². The van der Waals surface area contributed by atoms with E-state index in [9.17, 15) is 14.0 Å². The van der Waals surface area contributed by atoms with Gasteiger partial charge in [0.1, 0.15) is 5.82 Å². The largest absolute Gasteiger partial charge is 0.459 e. The van der Waals surface area contributed by atoms with Gasteiger partial charge in [-0.2, -0.15) is 0 Å². The van der Waals surface area contributed by atoms with Crippen LogP contribution in [-0.2, 0) is 4.79 Å². The summed E-state index contributed by atoms with van der Waals surface area (Å²) >= 11 is 1.35. The van der Waals surface area contributed by atoms with Gasteiger partial charge in [0.25, 0.3) is 5.91 Å². The molecule has 0 aliphatic heterocycles. The van der Waals surface area contributed by atoms with Crippen molar-refractivity contribution in [2.75, 3.05) is 10.6 Å². The number of rotatable bonds is 6. The number of nitrogens with one attached hydrogen (secondary N) is 2. The molecule has 1 unspecified atom stereocenters. The Bertz CT molecular complexity index is 927. The first-order chi connectivity index (χ1) is 13.0. The SMILES string of the molecule is CC(Sc1cccc(NC(=O)c2ccco2)c1)C(=O)Nc1ccc(F)cc1. The lowest BCUT2D eigenvalue weighted by atomic mass is 10.3. The fourth-order valence-electron chi connectivity index (χ4n) is 2.28. The molecule has 7 heteroatoms. The maximum absolute atomic E-state index is 12.9. The summed E-state index contributed by atoms with van der Waals surface area (Å²) in [6.07, 6.45) is 1.43. The Morgan fingerprint density at radius 3 is 2.48 bits per heavy atom. The minimum absolute atomic E-state index is 0.198. The van der Waals surface area contributed by atoms with Crippen LogP contribution in [0, 0.1) is 5.82 Å². The summed E-state index contributed by atoms with van der Waals surface area (Å²) in [7, 11) is 0. The maximum atomic E-state index is 12.9. The highest BCUT2D eigenvalue weighted by atomic mass is 32.2. The van der Waals surface area contributed by atoms with Crippen LogP contribution in [0.1, 0.15) is 17.5 Å². The average molecular weight is 384 g/mol. The molecule has 5 nitrogen and oxygen atoms in total. The van der Waals surface area contributed by atoms with Crippen molar-refractivity contribution in [3.8, 4) is 0 Å². The molecule has 1 atom stereocenters. The molecular formula is C20H17FN2O3S. The molecule has 3 aromatic rings. The number of hydrogen-bond acceptors (Lipinski definition) is 4. The number of amides is 2. The lowest BCUT2D eigenvalue weighted by molar-refractivity contribution is -0.115. The van der Waals surface area contributed by atoms with Gasteiger partial charge in [-0.1, -0.05) is 6.07 Å². The maximum Gasteiger partial charge on any atom is 0.291 e. The number of thioether (sulfide) groups is 1. The quantitative estimate of drug-likeness (QED) is 0.600. The predicted octanol–water partition coefficient (Wildman–Crippen LogP) is 4.79. The molecule has 0 aliphatic rings. The van der Waals surface area contributed by atoms with Crippen LogP contribution < -0.4 is 10.6 Å². The van der Waals surface area contributed by atoms with E-state index in [4.69, 9.17) is 4.42 Å². The van der Waals surface area contributed by atoms with Crippen molar-refractivity contribution in [3.05, 3.63) is 78.5 Å². The Kier molecular flexibility index (Phi) is 5.93. The van der Waals surface area contributed by atoms with Crippen LogP contribution in [0.25, 0.3) is 0 Å². The second kappa shape index (κ2) is 8.55. The number of anilines is 2. The minimum atomic E-state index is -0.383. The first kappa shape index (κ1) is 18.7. The van der Waals surface area contributed by atoms with Gasteiger partial charge in [-0.05, 0) is 61.5 Å². The van der Waals surface area contributed by atoms with Crippen molar-refractivity contribution >= 4 is 35.0 Å². The lowest BCUT2D eigenvalue weighted by Gasteiger charge is -2.13. The lowest BCUT2D eigenvalue weighted by Crippen LogP contribution is -2.22. The first-order valence-corrected chi connectivity index (χ1v) is 9.07. The molecule has 0 spiro atoms. The molecule has 2 aromatic carbocycles. The topological polar surface area (TPSA) is 71.3 Å². The number of carbonyl (C=O) groups excluding carboxylic acids is 2. The summed E-state index contributed by atoms with van der Waals surface area (Å²) in [5.74, 6) is -0.676. The van der Waals surface area contributed by atoms with Gasteiger partial charge in [0.2, 0.25) is 5.91 Å². The summed E-state index contributed by atoms with van der Waals surface area (Å²) in [6, 6.07) is 16.0. The number of halogens is 1. The Labute approximate surface area is 160 Å². The Hall–Kier alpha value is -3.06. The van der Waals surface area contributed by atoms with Crippen LogP contribution in [0.3, 0.4) is 0 Å². The van der Waals surface area contributed by atoms with Crippen LogP contribution in [0.5, 0.6) is 0 Å². The minimum Gasteiger partial charge on any atom is -0.459 e. The van der Waals surface area contributed by atoms with E-state index in [1.54, 1.807) is 37.3 Å². The summed E-state index contributed by atoms with van der Waals surface area (Å²) in [5.41, 5.74) is 1.14. The normalized spacial score (nSPS) is 11.6. The number of carbonyl (C=O) groups is 2. The molecule has 2 N–H and O–H groups in total. The zero-order valence-electron chi connectivity index (χ0n) is 14.4. The summed E-state index contributed by atoms with van der Waals surface area (Å²) in [6.45, 7) is 1.78. The molecule has 138 valence electrons. The fraction of sp³-hybridized carbons (Fsp3) is 0.100. The molecule has 0 aliphatic carbocycles. The second-order valence-electron chi connectivity index (χ2n) is 5.72. The fourth-order valence-corrected chi connectivity index (χ4v) is 3.21. The molecule has 27 heavy (non-hydrogen) atoms. The number of benzene rings is 2. The third kappa shape index (κ3) is 5.21. The van der Waals surface area contributed by atoms with Crippen molar-refractivity contribution in [2.45, 2.75) is 17.1 Å². The standard InChI is InChI=1S/C20H17FN2O3S/c1-13(19(24)22-15-9-7-14(21)8-10-15)27-17-5-2-4-16(12-17)23-20(25)18-6-3-11-26-18/h2-13H,1H3,(H,22,24)(H,23,25). The average Bonchev–Trinajstić information content (AvgIpc) is 3.19. The van der Waals surface area contributed by atoms with Crippen molar-refractivity contribution in [3.63, 3.8) is 0 Å². The molecule has 0 bridgehead atoms. The Balaban J connectivity index is 1.60. The molecular weight excluding hydrogens is 367 g/mol. The summed E-state index contributed by atoms with van der Waals surface area (Å²) in [5, 5.41) is 5.11. The number of furan rings is 1. The molecule has 2 amide bonds. The van der Waals surface area contributed by atoms with Gasteiger partial charge in [-0.25, -0.2) is 4.39 Å². The molecule has 1 aromatic heterocycles. The van der Waals surface area contributed by atoms with Gasteiger partial charge in [-0.3, -0.25) is 9.59 Å². The van der Waals surface area contributed by atoms with E-state index in [1.165, 1.54) is 42.3 Å². The monoisotopic (exact) mass is 384 g/mol. The summed E-state index contributed by atoms with van der Waals surface area (Å²) < 4.78 is 18.0. The van der Waals surface area contributed by atoms with Gasteiger partial charge in [0.15, 0.2) is 5.76 Å². The molecule has 1 heterocycles. The van der Waals surface area contributed by atoms with E-state index in [1.807, 2.05) is 6.07 Å². The first-order valence-electron chi connectivity index (χ1n) is 8.19. The van der Waals surface area contributed by atoms with E-state index in [0.717, 1.165) is 4.90 Å². The van der Waals surface area contributed by atoms with Crippen molar-refractivity contribution < 1.29 is 18.4 Å². The van der Waals surface area contributed by atoms with E-state index < -0.39 is 0 Å². The van der Waals surface area contributed by atoms with Crippen molar-refractivity contribution in [1.29, 1.82) is 0 Å². The van der Waals surface area contributed by atoms with Gasteiger partial charge < -0.3 is 15.1 Å². The zero-order valence-corrected chi connectivity index (χ0v) is 15.3. The molecule has 3 rings (SSSR count). The van der Waals surface area contributed by atoms with Crippen LogP contribution in [0.15, 0.2) is 76.2 Å². The van der Waals surface area contributed by atoms with E-state index in [0.29, 0.717) is 11.4 Å². The van der Waals surface area contributed by atoms with Gasteiger partial charge in [-0.15, -0.1) is 11.8 Å². The predicted molar refractivity (Wildman–Crippen MR) is 103 cm³/mol. The number of hydrogen-bond donors (Lipinski definition) is 2. The molecule has 0 saturated heterocycles. The van der Waals surface area contributed by atoms with E-state index in [-0.39, 0.29) is 28.6 Å². The second-order valence-corrected chi connectivity index (χ2v) is 7.13. The molecule has 0 saturated carbocycles. The van der Waals surface area contributed by atoms with Crippen molar-refractivity contribution in [1.82, 2.24) is 0 Å². The van der Waals surface area contributed by atoms with Gasteiger partial charge >= 0.3 is 0 Å². The van der Waals surface area contributed by atoms with Crippen LogP contribution in [0.2, 0.25) is 0 Å². The van der Waals surface area contributed by atoms with Gasteiger partial charge in [0, 0.05) is 16.3 Å². The zero-order chi connectivity index (χ0) is 19.2. The smallest absolute Gasteiger partial charge is 0.291 e. The highest BCUT2D eigenvalue weighted by molar-refractivity contribution is 8.00. The van der Waals surface area contributed by atoms with Crippen LogP contribution in [-0.4, -0.2) is 17.1 Å². The van der Waals surface area contributed by atoms with Gasteiger partial charge in [0.05, 0.1) is 11.5 Å². The summed E-state index contributed by atoms with van der Waals surface area (Å²) in [4.78, 5) is 25.2. The highest BCUT2D eigenvalue weighted by Gasteiger charge is 2.15. The highest BCUT2D eigenvalue weighted by Crippen LogP contribution is 2.27.